The van der Waals surface area contributed by atoms with E-state index in [4.69, 9.17) is 9.47 Å². The summed E-state index contributed by atoms with van der Waals surface area (Å²) in [4.78, 5) is 12.0. The largest absolute Gasteiger partial charge is 0.351 e. The second-order valence-electron chi connectivity index (χ2n) is 3.71. The highest BCUT2D eigenvalue weighted by Gasteiger charge is 2.12. The molecule has 0 saturated heterocycles. The molecule has 1 rings (SSSR count). The van der Waals surface area contributed by atoms with Crippen molar-refractivity contribution in [3.8, 4) is 0 Å². The van der Waals surface area contributed by atoms with Gasteiger partial charge < -0.3 is 14.8 Å². The van der Waals surface area contributed by atoms with Crippen molar-refractivity contribution in [1.29, 1.82) is 0 Å². The predicted molar refractivity (Wildman–Crippen MR) is 81.2 cm³/mol. The molecule has 4 nitrogen and oxygen atoms in total. The Hall–Kier alpha value is -0.430. The molecule has 106 valence electrons. The van der Waals surface area contributed by atoms with Crippen LogP contribution in [0.5, 0.6) is 0 Å². The van der Waals surface area contributed by atoms with E-state index in [2.05, 4.69) is 37.2 Å². The molecule has 0 aromatic heterocycles. The predicted octanol–water partition coefficient (Wildman–Crippen LogP) is 3.34. The van der Waals surface area contributed by atoms with E-state index in [9.17, 15) is 4.79 Å². The van der Waals surface area contributed by atoms with Crippen LogP contribution < -0.4 is 5.32 Å². The van der Waals surface area contributed by atoms with Crippen LogP contribution in [0.4, 0.5) is 0 Å². The molecular weight excluding hydrogens is 378 g/mol. The molecule has 0 radical (unpaired) electrons. The highest BCUT2D eigenvalue weighted by Crippen LogP contribution is 2.20. The Morgan fingerprint density at radius 2 is 1.68 bits per heavy atom. The molecule has 0 heterocycles. The maximum absolute atomic E-state index is 12.0. The van der Waals surface area contributed by atoms with Crippen molar-refractivity contribution in [2.75, 3.05) is 19.8 Å². The van der Waals surface area contributed by atoms with E-state index in [1.54, 1.807) is 12.1 Å². The molecule has 1 N–H and O–H groups in total. The zero-order chi connectivity index (χ0) is 14.3. The lowest BCUT2D eigenvalue weighted by molar-refractivity contribution is -0.131. The Bertz CT molecular complexity index is 400. The monoisotopic (exact) mass is 393 g/mol. The van der Waals surface area contributed by atoms with Crippen LogP contribution in [0.1, 0.15) is 24.2 Å². The van der Waals surface area contributed by atoms with Gasteiger partial charge in [0.1, 0.15) is 0 Å². The lowest BCUT2D eigenvalue weighted by Crippen LogP contribution is -2.35. The summed E-state index contributed by atoms with van der Waals surface area (Å²) in [5.41, 5.74) is 0.577. The number of nitrogens with one attached hydrogen (secondary N) is 1. The summed E-state index contributed by atoms with van der Waals surface area (Å²) in [5.74, 6) is -0.161. The van der Waals surface area contributed by atoms with Crippen LogP contribution in [-0.4, -0.2) is 32.0 Å². The first-order chi connectivity index (χ1) is 9.06. The Balaban J connectivity index is 2.58. The summed E-state index contributed by atoms with van der Waals surface area (Å²) in [6.45, 7) is 5.19. The highest BCUT2D eigenvalue weighted by atomic mass is 79.9. The van der Waals surface area contributed by atoms with Crippen LogP contribution in [0.25, 0.3) is 0 Å². The number of hydrogen-bond acceptors (Lipinski definition) is 3. The molecule has 19 heavy (non-hydrogen) atoms. The first kappa shape index (κ1) is 16.6. The van der Waals surface area contributed by atoms with Gasteiger partial charge in [0, 0.05) is 27.7 Å². The average Bonchev–Trinajstić information content (AvgIpc) is 2.35. The zero-order valence-corrected chi connectivity index (χ0v) is 14.1. The minimum Gasteiger partial charge on any atom is -0.351 e. The smallest absolute Gasteiger partial charge is 0.251 e. The van der Waals surface area contributed by atoms with E-state index >= 15 is 0 Å². The first-order valence-electron chi connectivity index (χ1n) is 6.04. The summed E-state index contributed by atoms with van der Waals surface area (Å²) < 4.78 is 12.4. The fourth-order valence-corrected chi connectivity index (χ4v) is 2.79. The molecule has 1 aromatic rings. The fourth-order valence-electron chi connectivity index (χ4n) is 1.50. The average molecular weight is 395 g/mol. The van der Waals surface area contributed by atoms with Crippen molar-refractivity contribution in [2.45, 2.75) is 20.1 Å². The highest BCUT2D eigenvalue weighted by molar-refractivity contribution is 9.11. The van der Waals surface area contributed by atoms with Gasteiger partial charge in [0.25, 0.3) is 5.91 Å². The van der Waals surface area contributed by atoms with Crippen molar-refractivity contribution in [3.05, 3.63) is 32.7 Å². The van der Waals surface area contributed by atoms with Crippen molar-refractivity contribution in [2.24, 2.45) is 0 Å². The number of benzene rings is 1. The van der Waals surface area contributed by atoms with Gasteiger partial charge in [-0.3, -0.25) is 4.79 Å². The number of rotatable bonds is 7. The maximum Gasteiger partial charge on any atom is 0.251 e. The Morgan fingerprint density at radius 1 is 1.16 bits per heavy atom. The number of carbonyl (C=O) groups excluding carboxylic acids is 1. The number of ether oxygens (including phenoxy) is 2. The molecule has 1 amide bonds. The van der Waals surface area contributed by atoms with Crippen LogP contribution in [0, 0.1) is 0 Å². The number of hydrogen-bond donors (Lipinski definition) is 1. The summed E-state index contributed by atoms with van der Waals surface area (Å²) in [7, 11) is 0. The van der Waals surface area contributed by atoms with Gasteiger partial charge in [-0.15, -0.1) is 0 Å². The van der Waals surface area contributed by atoms with E-state index in [1.807, 2.05) is 19.9 Å². The molecule has 0 saturated carbocycles. The van der Waals surface area contributed by atoms with E-state index in [0.717, 1.165) is 8.95 Å². The van der Waals surface area contributed by atoms with Crippen LogP contribution in [0.3, 0.4) is 0 Å². The van der Waals surface area contributed by atoms with Crippen LogP contribution in [0.15, 0.2) is 27.1 Å². The summed E-state index contributed by atoms with van der Waals surface area (Å²) in [6.07, 6.45) is -0.408. The van der Waals surface area contributed by atoms with E-state index in [1.165, 1.54) is 0 Å². The fraction of sp³-hybridized carbons (Fsp3) is 0.462. The first-order valence-corrected chi connectivity index (χ1v) is 7.62. The van der Waals surface area contributed by atoms with Gasteiger partial charge in [-0.2, -0.15) is 0 Å². The zero-order valence-electron chi connectivity index (χ0n) is 10.9. The maximum atomic E-state index is 12.0. The van der Waals surface area contributed by atoms with Crippen molar-refractivity contribution in [1.82, 2.24) is 5.32 Å². The second-order valence-corrected chi connectivity index (χ2v) is 5.54. The van der Waals surface area contributed by atoms with Gasteiger partial charge in [-0.1, -0.05) is 31.9 Å². The number of amides is 1. The molecular formula is C13H17Br2NO3. The molecule has 0 bridgehead atoms. The molecule has 0 unspecified atom stereocenters. The molecule has 0 aliphatic heterocycles. The van der Waals surface area contributed by atoms with Crippen molar-refractivity contribution < 1.29 is 14.3 Å². The van der Waals surface area contributed by atoms with Gasteiger partial charge in [0.05, 0.1) is 6.54 Å². The van der Waals surface area contributed by atoms with E-state index in [-0.39, 0.29) is 5.91 Å². The van der Waals surface area contributed by atoms with Gasteiger partial charge in [-0.05, 0) is 32.0 Å². The van der Waals surface area contributed by atoms with Crippen molar-refractivity contribution in [3.63, 3.8) is 0 Å². The molecule has 0 aliphatic rings. The number of halogens is 2. The SMILES string of the molecule is CCOC(CNC(=O)c1cc(Br)cc(Br)c1)OCC. The quantitative estimate of drug-likeness (QED) is 0.721. The van der Waals surface area contributed by atoms with Gasteiger partial charge in [0.15, 0.2) is 6.29 Å². The minimum atomic E-state index is -0.408. The Labute approximate surface area is 130 Å². The topological polar surface area (TPSA) is 47.6 Å². The standard InChI is InChI=1S/C13H17Br2NO3/c1-3-18-12(19-4-2)8-16-13(17)9-5-10(14)7-11(15)6-9/h5-7,12H,3-4,8H2,1-2H3,(H,16,17). The lowest BCUT2D eigenvalue weighted by Gasteiger charge is -2.17. The molecule has 0 aliphatic carbocycles. The van der Waals surface area contributed by atoms with Gasteiger partial charge in [0.2, 0.25) is 0 Å². The van der Waals surface area contributed by atoms with Crippen LogP contribution >= 0.6 is 31.9 Å². The third-order valence-corrected chi connectivity index (χ3v) is 3.17. The van der Waals surface area contributed by atoms with E-state index < -0.39 is 6.29 Å². The van der Waals surface area contributed by atoms with Crippen LogP contribution in [0.2, 0.25) is 0 Å². The number of carbonyl (C=O) groups is 1. The molecule has 6 heteroatoms. The van der Waals surface area contributed by atoms with Gasteiger partial charge in [-0.25, -0.2) is 0 Å². The molecule has 0 atom stereocenters. The van der Waals surface area contributed by atoms with Crippen molar-refractivity contribution >= 4 is 37.8 Å². The minimum absolute atomic E-state index is 0.161. The summed E-state index contributed by atoms with van der Waals surface area (Å²) in [6, 6.07) is 5.40. The molecule has 0 fully saturated rings. The lowest BCUT2D eigenvalue weighted by atomic mass is 10.2. The Kier molecular flexibility index (Phi) is 7.60. The van der Waals surface area contributed by atoms with Gasteiger partial charge >= 0.3 is 0 Å². The molecule has 0 spiro atoms. The Morgan fingerprint density at radius 3 is 2.16 bits per heavy atom. The third-order valence-electron chi connectivity index (χ3n) is 2.26. The summed E-state index contributed by atoms with van der Waals surface area (Å²) >= 11 is 6.70. The normalized spacial score (nSPS) is 10.8. The second kappa shape index (κ2) is 8.68. The van der Waals surface area contributed by atoms with Crippen LogP contribution in [-0.2, 0) is 9.47 Å². The third kappa shape index (κ3) is 6.03. The van der Waals surface area contributed by atoms with E-state index in [0.29, 0.717) is 25.3 Å². The summed E-state index contributed by atoms with van der Waals surface area (Å²) in [5, 5.41) is 2.79. The molecule has 1 aromatic carbocycles.